The fourth-order valence-electron chi connectivity index (χ4n) is 5.51. The molecule has 4 heterocycles. The monoisotopic (exact) mass is 478 g/mol. The van der Waals surface area contributed by atoms with Crippen LogP contribution in [0.25, 0.3) is 22.5 Å². The Labute approximate surface area is 201 Å². The lowest BCUT2D eigenvalue weighted by Gasteiger charge is -2.35. The number of benzene rings is 2. The van der Waals surface area contributed by atoms with Crippen molar-refractivity contribution in [1.29, 1.82) is 0 Å². The van der Waals surface area contributed by atoms with Crippen molar-refractivity contribution < 1.29 is 13.2 Å². The van der Waals surface area contributed by atoms with Gasteiger partial charge >= 0.3 is 6.18 Å². The normalized spacial score (nSPS) is 21.5. The second-order valence-corrected chi connectivity index (χ2v) is 9.48. The highest BCUT2D eigenvalue weighted by molar-refractivity contribution is 5.85. The highest BCUT2D eigenvalue weighted by Crippen LogP contribution is 2.37. The number of nitrogen functional groups attached to an aromatic ring is 1. The van der Waals surface area contributed by atoms with Crippen molar-refractivity contribution in [3.8, 4) is 22.5 Å². The Kier molecular flexibility index (Phi) is 5.25. The molecule has 2 N–H and O–H groups in total. The van der Waals surface area contributed by atoms with Gasteiger partial charge in [0.25, 0.3) is 0 Å². The number of nitrogens with two attached hydrogens (primary N) is 1. The topological polar surface area (TPSA) is 70.6 Å². The molecule has 1 aromatic heterocycles. The number of piperazine rings is 1. The summed E-state index contributed by atoms with van der Waals surface area (Å²) in [7, 11) is 0. The second-order valence-electron chi connectivity index (χ2n) is 9.48. The number of aliphatic imine (C=N–C) groups is 1. The zero-order valence-electron chi connectivity index (χ0n) is 19.0. The van der Waals surface area contributed by atoms with Gasteiger partial charge in [-0.3, -0.25) is 9.89 Å². The number of fused-ring (bicyclic) bond motifs is 3. The first-order chi connectivity index (χ1) is 16.8. The lowest BCUT2D eigenvalue weighted by molar-refractivity contribution is -0.148. The van der Waals surface area contributed by atoms with Gasteiger partial charge in [0.15, 0.2) is 0 Å². The lowest BCUT2D eigenvalue weighted by Crippen LogP contribution is -2.49. The van der Waals surface area contributed by atoms with Gasteiger partial charge in [-0.1, -0.05) is 24.3 Å². The third-order valence-electron chi connectivity index (χ3n) is 7.19. The van der Waals surface area contributed by atoms with Gasteiger partial charge in [0.1, 0.15) is 11.5 Å². The minimum absolute atomic E-state index is 0.0466. The van der Waals surface area contributed by atoms with E-state index in [1.807, 2.05) is 42.6 Å². The number of nitrogens with zero attached hydrogens (tertiary/aromatic N) is 5. The van der Waals surface area contributed by atoms with E-state index in [-0.39, 0.29) is 12.1 Å². The van der Waals surface area contributed by atoms with Crippen LogP contribution < -0.4 is 10.6 Å². The number of hydrogen-bond donors (Lipinski definition) is 1. The maximum atomic E-state index is 12.8. The predicted octanol–water partition coefficient (Wildman–Crippen LogP) is 4.19. The fraction of sp³-hybridized carbons (Fsp3) is 0.346. The van der Waals surface area contributed by atoms with Gasteiger partial charge in [0.2, 0.25) is 0 Å². The highest BCUT2D eigenvalue weighted by Gasteiger charge is 2.46. The smallest absolute Gasteiger partial charge is 0.382 e. The van der Waals surface area contributed by atoms with Crippen LogP contribution in [0.15, 0.2) is 53.7 Å². The van der Waals surface area contributed by atoms with Crippen LogP contribution in [0.2, 0.25) is 0 Å². The van der Waals surface area contributed by atoms with Gasteiger partial charge in [-0.15, -0.1) is 0 Å². The van der Waals surface area contributed by atoms with E-state index in [0.29, 0.717) is 24.6 Å². The first kappa shape index (κ1) is 22.0. The molecular formula is C26H25F3N6. The summed E-state index contributed by atoms with van der Waals surface area (Å²) in [5, 5.41) is 0. The summed E-state index contributed by atoms with van der Waals surface area (Å²) >= 11 is 0. The van der Waals surface area contributed by atoms with Crippen LogP contribution in [0.1, 0.15) is 17.5 Å². The molecule has 3 aromatic rings. The minimum atomic E-state index is -4.15. The molecule has 2 fully saturated rings. The molecule has 0 unspecified atom stereocenters. The Morgan fingerprint density at radius 3 is 2.54 bits per heavy atom. The van der Waals surface area contributed by atoms with Crippen LogP contribution in [0, 0.1) is 0 Å². The summed E-state index contributed by atoms with van der Waals surface area (Å²) < 4.78 is 38.4. The standard InChI is InChI=1S/C26H25F3N6/c27-26(28,29)15-34-13-22-10-21(34)14-35(22)20-5-3-16(4-6-20)23-12-32-25(30)24(33-23)18-1-2-19-11-31-8-7-17(19)9-18/h1-6,9,11-12,21-22H,7-8,10,13-15H2,(H2,30,32)/t21-,22-/m0/s1. The highest BCUT2D eigenvalue weighted by atomic mass is 19.4. The van der Waals surface area contributed by atoms with Gasteiger partial charge in [-0.25, -0.2) is 9.97 Å². The molecule has 2 bridgehead atoms. The molecule has 0 amide bonds. The van der Waals surface area contributed by atoms with Crippen molar-refractivity contribution in [2.24, 2.45) is 4.99 Å². The number of anilines is 2. The number of rotatable bonds is 4. The van der Waals surface area contributed by atoms with Crippen molar-refractivity contribution in [2.75, 3.05) is 36.8 Å². The SMILES string of the molecule is Nc1ncc(-c2ccc(N3C[C@@H]4C[C@H]3CN4CC(F)(F)F)cc2)nc1-c1ccc2c(c1)CCN=C2. The Morgan fingerprint density at radius 2 is 1.80 bits per heavy atom. The molecular weight excluding hydrogens is 453 g/mol. The van der Waals surface area contributed by atoms with Crippen LogP contribution in [0.3, 0.4) is 0 Å². The third kappa shape index (κ3) is 4.25. The molecule has 180 valence electrons. The quantitative estimate of drug-likeness (QED) is 0.609. The number of halogens is 3. The average molecular weight is 479 g/mol. The fourth-order valence-corrected chi connectivity index (χ4v) is 5.51. The van der Waals surface area contributed by atoms with E-state index in [0.717, 1.165) is 47.5 Å². The van der Waals surface area contributed by atoms with E-state index >= 15 is 0 Å². The maximum Gasteiger partial charge on any atom is 0.401 e. The summed E-state index contributed by atoms with van der Waals surface area (Å²) in [5.41, 5.74) is 12.8. The molecule has 9 heteroatoms. The Hall–Kier alpha value is -3.46. The predicted molar refractivity (Wildman–Crippen MR) is 131 cm³/mol. The Balaban J connectivity index is 1.21. The first-order valence-electron chi connectivity index (χ1n) is 11.8. The van der Waals surface area contributed by atoms with E-state index in [2.05, 4.69) is 20.9 Å². The molecule has 0 spiro atoms. The van der Waals surface area contributed by atoms with Gasteiger partial charge < -0.3 is 10.6 Å². The van der Waals surface area contributed by atoms with E-state index in [1.165, 1.54) is 5.56 Å². The molecule has 2 saturated heterocycles. The van der Waals surface area contributed by atoms with Crippen molar-refractivity contribution in [3.63, 3.8) is 0 Å². The van der Waals surface area contributed by atoms with Crippen LogP contribution >= 0.6 is 0 Å². The van der Waals surface area contributed by atoms with Gasteiger partial charge in [-0.05, 0) is 42.2 Å². The van der Waals surface area contributed by atoms with E-state index in [1.54, 1.807) is 11.1 Å². The van der Waals surface area contributed by atoms with Crippen LogP contribution in [0.5, 0.6) is 0 Å². The zero-order chi connectivity index (χ0) is 24.2. The number of likely N-dealkylation sites (tertiary alicyclic amines) is 1. The van der Waals surface area contributed by atoms with Crippen molar-refractivity contribution in [2.45, 2.75) is 31.1 Å². The maximum absolute atomic E-state index is 12.8. The first-order valence-corrected chi connectivity index (χ1v) is 11.8. The number of aromatic nitrogens is 2. The minimum Gasteiger partial charge on any atom is -0.382 e. The van der Waals surface area contributed by atoms with E-state index in [9.17, 15) is 13.2 Å². The van der Waals surface area contributed by atoms with Crippen LogP contribution in [0.4, 0.5) is 24.7 Å². The van der Waals surface area contributed by atoms with Crippen LogP contribution in [-0.4, -0.2) is 65.5 Å². The van der Waals surface area contributed by atoms with Crippen molar-refractivity contribution >= 4 is 17.7 Å². The van der Waals surface area contributed by atoms with Crippen molar-refractivity contribution in [3.05, 3.63) is 59.8 Å². The molecule has 6 nitrogen and oxygen atoms in total. The summed E-state index contributed by atoms with van der Waals surface area (Å²) in [6.45, 7) is 1.03. The van der Waals surface area contributed by atoms with E-state index in [4.69, 9.17) is 10.7 Å². The molecule has 0 radical (unpaired) electrons. The third-order valence-corrected chi connectivity index (χ3v) is 7.19. The molecule has 6 rings (SSSR count). The molecule has 0 saturated carbocycles. The average Bonchev–Trinajstić information content (AvgIpc) is 3.44. The molecule has 3 aliphatic heterocycles. The van der Waals surface area contributed by atoms with Gasteiger partial charge in [-0.2, -0.15) is 13.2 Å². The second kappa shape index (κ2) is 8.34. The van der Waals surface area contributed by atoms with E-state index < -0.39 is 12.7 Å². The van der Waals surface area contributed by atoms with Gasteiger partial charge in [0.05, 0.1) is 18.4 Å². The number of hydrogen-bond acceptors (Lipinski definition) is 6. The number of alkyl halides is 3. The summed E-state index contributed by atoms with van der Waals surface area (Å²) in [6.07, 6.45) is 1.09. The summed E-state index contributed by atoms with van der Waals surface area (Å²) in [6, 6.07) is 14.2. The van der Waals surface area contributed by atoms with Crippen molar-refractivity contribution in [1.82, 2.24) is 14.9 Å². The molecule has 0 aliphatic carbocycles. The Bertz CT molecular complexity index is 1290. The van der Waals surface area contributed by atoms with Crippen LogP contribution in [-0.2, 0) is 6.42 Å². The Morgan fingerprint density at radius 1 is 1.00 bits per heavy atom. The molecule has 2 atom stereocenters. The largest absolute Gasteiger partial charge is 0.401 e. The summed E-state index contributed by atoms with van der Waals surface area (Å²) in [4.78, 5) is 17.3. The van der Waals surface area contributed by atoms with Gasteiger partial charge in [0, 0.05) is 54.7 Å². The molecule has 3 aliphatic rings. The molecule has 2 aromatic carbocycles. The summed E-state index contributed by atoms with van der Waals surface area (Å²) in [5.74, 6) is 0.381. The lowest BCUT2D eigenvalue weighted by atomic mass is 9.98. The molecule has 35 heavy (non-hydrogen) atoms. The zero-order valence-corrected chi connectivity index (χ0v) is 19.0.